The van der Waals surface area contributed by atoms with Crippen LogP contribution in [0, 0.1) is 0 Å². The monoisotopic (exact) mass is 643 g/mol. The Morgan fingerprint density at radius 3 is 2.33 bits per heavy atom. The molecule has 0 bridgehead atoms. The Balaban J connectivity index is 1.61. The molecular formula is C27H28B3N7O8S. The number of carbonyl (C=O) groups is 1. The molecule has 1 fully saturated rings. The number of hydrogen-bond acceptors (Lipinski definition) is 14. The Bertz CT molecular complexity index is 1760. The highest BCUT2D eigenvalue weighted by Gasteiger charge is 2.66. The summed E-state index contributed by atoms with van der Waals surface area (Å²) in [6.07, 6.45) is 4.49. The molecule has 4 aromatic rings. The number of fused-ring (bicyclic) bond motifs is 1. The van der Waals surface area contributed by atoms with Crippen LogP contribution in [-0.4, -0.2) is 114 Å². The standard InChI is InChI=1S/C27H28B3N7O8S/c1-4-31-21(38)36-22-35-18-9-14(15-10-33-20(34-11-15)23(2,3)39)8-16(19(18)46-22)17-7-13(5-6-32-17)12-37-24(28,29)26(41,42)45-27(43,44)25(37,30)40/h5-11,39-44H,4,12H2,1-3H3,(H2,31,35,36,38). The number of aromatic nitrogens is 4. The molecule has 8 N–H and O–H groups in total. The lowest BCUT2D eigenvalue weighted by molar-refractivity contribution is -0.549. The van der Waals surface area contributed by atoms with E-state index in [9.17, 15) is 35.4 Å². The molecule has 1 aliphatic heterocycles. The first-order valence-corrected chi connectivity index (χ1v) is 14.5. The van der Waals surface area contributed by atoms with Crippen LogP contribution in [0.25, 0.3) is 32.6 Å². The molecule has 1 saturated heterocycles. The van der Waals surface area contributed by atoms with Crippen LogP contribution in [0.15, 0.2) is 42.9 Å². The average molecular weight is 643 g/mol. The van der Waals surface area contributed by atoms with Crippen molar-refractivity contribution in [3.8, 4) is 22.4 Å². The second kappa shape index (κ2) is 11.6. The molecule has 15 nitrogen and oxygen atoms in total. The lowest BCUT2D eigenvalue weighted by Crippen LogP contribution is -2.84. The van der Waals surface area contributed by atoms with E-state index < -0.39 is 41.1 Å². The van der Waals surface area contributed by atoms with E-state index in [4.69, 9.17) is 23.5 Å². The van der Waals surface area contributed by atoms with Crippen molar-refractivity contribution in [2.75, 3.05) is 11.9 Å². The Kier molecular flexibility index (Phi) is 8.55. The SMILES string of the molecule is [B]C1([B])N(Cc2ccnc(-c3cc(-c4cnc(C(C)(C)O)nc4)cc4nc(NC(=O)NCC)sc34)c2)C([B])(O)C(O)(O)OC1(O)O. The van der Waals surface area contributed by atoms with Gasteiger partial charge in [0.25, 0.3) is 5.97 Å². The van der Waals surface area contributed by atoms with E-state index in [0.717, 1.165) is 0 Å². The van der Waals surface area contributed by atoms with E-state index in [1.54, 1.807) is 45.3 Å². The van der Waals surface area contributed by atoms with E-state index in [1.165, 1.54) is 29.7 Å². The summed E-state index contributed by atoms with van der Waals surface area (Å²) in [6, 6.07) is 6.12. The minimum Gasteiger partial charge on any atom is -0.382 e. The summed E-state index contributed by atoms with van der Waals surface area (Å²) in [5.74, 6) is -7.07. The summed E-state index contributed by atoms with van der Waals surface area (Å²) in [7, 11) is 17.5. The van der Waals surface area contributed by atoms with Crippen LogP contribution in [-0.2, 0) is 16.9 Å². The maximum atomic E-state index is 12.2. The summed E-state index contributed by atoms with van der Waals surface area (Å²) in [6.45, 7) is 4.74. The van der Waals surface area contributed by atoms with Crippen molar-refractivity contribution in [1.82, 2.24) is 30.2 Å². The van der Waals surface area contributed by atoms with Gasteiger partial charge in [0.1, 0.15) is 13.4 Å². The van der Waals surface area contributed by atoms with Gasteiger partial charge in [-0.3, -0.25) is 19.9 Å². The second-order valence-electron chi connectivity index (χ2n) is 11.2. The van der Waals surface area contributed by atoms with Crippen molar-refractivity contribution in [1.29, 1.82) is 0 Å². The smallest absolute Gasteiger partial charge is 0.321 e. The van der Waals surface area contributed by atoms with Crippen LogP contribution in [0.4, 0.5) is 9.93 Å². The molecule has 2 amide bonds. The number of nitrogens with zero attached hydrogens (tertiary/aromatic N) is 5. The summed E-state index contributed by atoms with van der Waals surface area (Å²) in [5.41, 5.74) is -1.62. The minimum absolute atomic E-state index is 0.220. The zero-order valence-electron chi connectivity index (χ0n) is 24.8. The normalized spacial score (nSPS) is 20.8. The number of nitrogens with one attached hydrogen (secondary N) is 2. The maximum Gasteiger partial charge on any atom is 0.321 e. The Morgan fingerprint density at radius 2 is 1.70 bits per heavy atom. The van der Waals surface area contributed by atoms with E-state index in [-0.39, 0.29) is 11.4 Å². The number of benzene rings is 1. The molecule has 234 valence electrons. The third-order valence-electron chi connectivity index (χ3n) is 7.17. The Hall–Kier alpha value is -3.52. The van der Waals surface area contributed by atoms with Crippen LogP contribution in [0.5, 0.6) is 0 Å². The lowest BCUT2D eigenvalue weighted by Gasteiger charge is -2.61. The van der Waals surface area contributed by atoms with Crippen LogP contribution in [0.1, 0.15) is 32.2 Å². The van der Waals surface area contributed by atoms with Gasteiger partial charge in [-0.2, -0.15) is 0 Å². The van der Waals surface area contributed by atoms with Gasteiger partial charge in [-0.15, -0.1) is 0 Å². The molecule has 0 aliphatic carbocycles. The molecule has 5 rings (SSSR count). The molecule has 0 saturated carbocycles. The van der Waals surface area contributed by atoms with Gasteiger partial charge >= 0.3 is 12.0 Å². The van der Waals surface area contributed by atoms with Crippen molar-refractivity contribution in [2.24, 2.45) is 0 Å². The Labute approximate surface area is 270 Å². The fraction of sp³-hybridized carbons (Fsp3) is 0.370. The highest BCUT2D eigenvalue weighted by atomic mass is 32.1. The van der Waals surface area contributed by atoms with Gasteiger partial charge in [0.15, 0.2) is 16.6 Å². The number of anilines is 1. The van der Waals surface area contributed by atoms with Gasteiger partial charge in [-0.05, 0) is 56.2 Å². The van der Waals surface area contributed by atoms with E-state index in [2.05, 4.69) is 35.3 Å². The maximum absolute atomic E-state index is 12.2. The van der Waals surface area contributed by atoms with Gasteiger partial charge < -0.3 is 36.0 Å². The van der Waals surface area contributed by atoms with Crippen molar-refractivity contribution in [3.63, 3.8) is 0 Å². The third kappa shape index (κ3) is 6.13. The number of hydrogen-bond donors (Lipinski definition) is 8. The number of pyridine rings is 1. The second-order valence-corrected chi connectivity index (χ2v) is 12.2. The van der Waals surface area contributed by atoms with Gasteiger partial charge in [0.2, 0.25) is 0 Å². The van der Waals surface area contributed by atoms with Crippen LogP contribution < -0.4 is 10.6 Å². The first-order valence-electron chi connectivity index (χ1n) is 13.7. The topological polar surface area (TPSA) is 227 Å². The molecule has 1 aromatic carbocycles. The van der Waals surface area contributed by atoms with E-state index in [1.807, 2.05) is 0 Å². The zero-order chi connectivity index (χ0) is 33.9. The zero-order valence-corrected chi connectivity index (χ0v) is 25.6. The van der Waals surface area contributed by atoms with Crippen molar-refractivity contribution in [3.05, 3.63) is 54.2 Å². The third-order valence-corrected chi connectivity index (χ3v) is 8.18. The van der Waals surface area contributed by atoms with Crippen LogP contribution in [0.2, 0.25) is 0 Å². The first kappa shape index (κ1) is 33.8. The molecule has 19 heteroatoms. The number of thiazole rings is 1. The molecule has 6 radical (unpaired) electrons. The van der Waals surface area contributed by atoms with Crippen LogP contribution in [0.3, 0.4) is 0 Å². The highest BCUT2D eigenvalue weighted by molar-refractivity contribution is 7.22. The van der Waals surface area contributed by atoms with Crippen molar-refractivity contribution >= 4 is 56.3 Å². The molecule has 4 heterocycles. The number of amides is 2. The number of aliphatic hydroxyl groups is 6. The largest absolute Gasteiger partial charge is 0.382 e. The minimum atomic E-state index is -3.71. The predicted molar refractivity (Wildman–Crippen MR) is 168 cm³/mol. The fourth-order valence-corrected chi connectivity index (χ4v) is 5.64. The quantitative estimate of drug-likeness (QED) is 0.0904. The summed E-state index contributed by atoms with van der Waals surface area (Å²) < 4.78 is 4.93. The molecule has 1 aliphatic rings. The average Bonchev–Trinajstić information content (AvgIpc) is 3.36. The summed E-state index contributed by atoms with van der Waals surface area (Å²) in [5, 5.41) is 64.7. The molecular weight excluding hydrogens is 615 g/mol. The first-order chi connectivity index (χ1) is 21.3. The number of morpholine rings is 1. The van der Waals surface area contributed by atoms with E-state index >= 15 is 0 Å². The van der Waals surface area contributed by atoms with Crippen LogP contribution >= 0.6 is 11.3 Å². The molecule has 0 spiro atoms. The van der Waals surface area contributed by atoms with Crippen molar-refractivity contribution < 1.29 is 40.2 Å². The predicted octanol–water partition coefficient (Wildman–Crippen LogP) is -0.902. The summed E-state index contributed by atoms with van der Waals surface area (Å²) in [4.78, 5) is 30.3. The molecule has 46 heavy (non-hydrogen) atoms. The Morgan fingerprint density at radius 1 is 1.02 bits per heavy atom. The number of rotatable bonds is 7. The summed E-state index contributed by atoms with van der Waals surface area (Å²) >= 11 is 1.18. The molecule has 1 unspecified atom stereocenters. The van der Waals surface area contributed by atoms with Gasteiger partial charge in [0.05, 0.1) is 31.6 Å². The van der Waals surface area contributed by atoms with Crippen molar-refractivity contribution in [2.45, 2.75) is 55.8 Å². The number of ether oxygens (including phenoxy) is 1. The van der Waals surface area contributed by atoms with Gasteiger partial charge in [-0.25, -0.2) is 19.7 Å². The number of urea groups is 1. The molecule has 3 aromatic heterocycles. The van der Waals surface area contributed by atoms with E-state index in [0.29, 0.717) is 49.2 Å². The fourth-order valence-electron chi connectivity index (χ4n) is 4.68. The van der Waals surface area contributed by atoms with Gasteiger partial charge in [-0.1, -0.05) is 11.3 Å². The lowest BCUT2D eigenvalue weighted by atomic mass is 9.55. The van der Waals surface area contributed by atoms with Gasteiger partial charge in [0, 0.05) is 48.1 Å². The highest BCUT2D eigenvalue weighted by Crippen LogP contribution is 2.42. The molecule has 1 atom stereocenters. The number of carbonyl (C=O) groups excluding carboxylic acids is 1.